The SMILES string of the molecule is COCc1cc(C(=O)N2CCNCC2c2cccc(F)c2)no1. The Labute approximate surface area is 133 Å². The van der Waals surface area contributed by atoms with Crippen molar-refractivity contribution < 1.29 is 18.4 Å². The summed E-state index contributed by atoms with van der Waals surface area (Å²) in [5.41, 5.74) is 0.992. The van der Waals surface area contributed by atoms with Crippen LogP contribution >= 0.6 is 0 Å². The smallest absolute Gasteiger partial charge is 0.276 e. The number of halogens is 1. The molecule has 3 rings (SSSR count). The standard InChI is InChI=1S/C16H18FN3O3/c1-22-10-13-8-14(19-23-13)16(21)20-6-5-18-9-15(20)11-3-2-4-12(17)7-11/h2-4,7-8,15,18H,5-6,9-10H2,1H3. The molecule has 23 heavy (non-hydrogen) atoms. The van der Waals surface area contributed by atoms with Crippen LogP contribution in [-0.2, 0) is 11.3 Å². The second kappa shape index (κ2) is 6.89. The molecule has 1 fully saturated rings. The molecule has 1 aliphatic heterocycles. The van der Waals surface area contributed by atoms with Crippen LogP contribution in [0.1, 0.15) is 27.9 Å². The van der Waals surface area contributed by atoms with Crippen LogP contribution < -0.4 is 5.32 Å². The van der Waals surface area contributed by atoms with E-state index < -0.39 is 0 Å². The van der Waals surface area contributed by atoms with E-state index >= 15 is 0 Å². The van der Waals surface area contributed by atoms with E-state index in [1.54, 1.807) is 24.1 Å². The maximum atomic E-state index is 13.5. The Morgan fingerprint density at radius 2 is 2.39 bits per heavy atom. The molecule has 0 spiro atoms. The molecule has 122 valence electrons. The van der Waals surface area contributed by atoms with E-state index in [1.165, 1.54) is 12.1 Å². The number of benzene rings is 1. The van der Waals surface area contributed by atoms with Gasteiger partial charge in [0.25, 0.3) is 5.91 Å². The molecule has 1 N–H and O–H groups in total. The van der Waals surface area contributed by atoms with E-state index in [1.807, 2.05) is 6.07 Å². The largest absolute Gasteiger partial charge is 0.377 e. The van der Waals surface area contributed by atoms with Gasteiger partial charge >= 0.3 is 0 Å². The van der Waals surface area contributed by atoms with Gasteiger partial charge in [0, 0.05) is 32.8 Å². The zero-order chi connectivity index (χ0) is 16.2. The molecule has 1 aliphatic rings. The lowest BCUT2D eigenvalue weighted by Gasteiger charge is -2.36. The number of methoxy groups -OCH3 is 1. The summed E-state index contributed by atoms with van der Waals surface area (Å²) in [6.07, 6.45) is 0. The minimum Gasteiger partial charge on any atom is -0.377 e. The number of ether oxygens (including phenoxy) is 1. The molecule has 2 aromatic rings. The molecule has 0 bridgehead atoms. The number of hydrogen-bond donors (Lipinski definition) is 1. The number of piperazine rings is 1. The van der Waals surface area contributed by atoms with Gasteiger partial charge in [-0.1, -0.05) is 17.3 Å². The van der Waals surface area contributed by atoms with Gasteiger partial charge in [0.1, 0.15) is 12.4 Å². The van der Waals surface area contributed by atoms with Crippen LogP contribution in [0, 0.1) is 5.82 Å². The Balaban J connectivity index is 1.84. The summed E-state index contributed by atoms with van der Waals surface area (Å²) in [7, 11) is 1.54. The summed E-state index contributed by atoms with van der Waals surface area (Å²) in [5, 5.41) is 7.05. The van der Waals surface area contributed by atoms with E-state index in [2.05, 4.69) is 10.5 Å². The van der Waals surface area contributed by atoms with Crippen LogP contribution in [-0.4, -0.2) is 42.7 Å². The quantitative estimate of drug-likeness (QED) is 0.930. The minimum atomic E-state index is -0.315. The molecule has 0 radical (unpaired) electrons. The lowest BCUT2D eigenvalue weighted by molar-refractivity contribution is 0.0623. The van der Waals surface area contributed by atoms with E-state index in [0.29, 0.717) is 25.4 Å². The minimum absolute atomic E-state index is 0.230. The van der Waals surface area contributed by atoms with Crippen molar-refractivity contribution in [1.82, 2.24) is 15.4 Å². The van der Waals surface area contributed by atoms with Crippen molar-refractivity contribution in [2.45, 2.75) is 12.6 Å². The second-order valence-electron chi connectivity index (χ2n) is 5.38. The summed E-state index contributed by atoms with van der Waals surface area (Å²) in [6, 6.07) is 7.65. The highest BCUT2D eigenvalue weighted by atomic mass is 19.1. The predicted molar refractivity (Wildman–Crippen MR) is 80.3 cm³/mol. The third-order valence-corrected chi connectivity index (χ3v) is 3.80. The summed E-state index contributed by atoms with van der Waals surface area (Å²) in [6.45, 7) is 2.03. The van der Waals surface area contributed by atoms with Crippen molar-refractivity contribution in [3.05, 3.63) is 53.2 Å². The molecule has 7 heteroatoms. The Kier molecular flexibility index (Phi) is 4.68. The maximum Gasteiger partial charge on any atom is 0.276 e. The van der Waals surface area contributed by atoms with E-state index in [4.69, 9.17) is 9.26 Å². The molecule has 1 aromatic heterocycles. The molecule has 0 saturated carbocycles. The molecule has 2 heterocycles. The monoisotopic (exact) mass is 319 g/mol. The van der Waals surface area contributed by atoms with Gasteiger partial charge in [-0.15, -0.1) is 0 Å². The number of rotatable bonds is 4. The lowest BCUT2D eigenvalue weighted by Crippen LogP contribution is -2.48. The van der Waals surface area contributed by atoms with Gasteiger partial charge in [-0.25, -0.2) is 4.39 Å². The fourth-order valence-electron chi connectivity index (χ4n) is 2.73. The predicted octanol–water partition coefficient (Wildman–Crippen LogP) is 1.75. The third kappa shape index (κ3) is 3.40. The van der Waals surface area contributed by atoms with Crippen molar-refractivity contribution in [2.75, 3.05) is 26.7 Å². The first-order valence-electron chi connectivity index (χ1n) is 7.40. The molecule has 1 atom stereocenters. The Bertz CT molecular complexity index is 689. The Morgan fingerprint density at radius 3 is 3.17 bits per heavy atom. The number of amides is 1. The summed E-state index contributed by atoms with van der Waals surface area (Å²) in [5.74, 6) is -0.0514. The van der Waals surface area contributed by atoms with Gasteiger partial charge in [0.15, 0.2) is 11.5 Å². The normalized spacial score (nSPS) is 18.2. The average molecular weight is 319 g/mol. The number of aromatic nitrogens is 1. The molecule has 1 unspecified atom stereocenters. The number of hydrogen-bond acceptors (Lipinski definition) is 5. The van der Waals surface area contributed by atoms with Crippen LogP contribution in [0.4, 0.5) is 4.39 Å². The highest BCUT2D eigenvalue weighted by molar-refractivity contribution is 5.92. The highest BCUT2D eigenvalue weighted by Crippen LogP contribution is 2.24. The van der Waals surface area contributed by atoms with Crippen LogP contribution in [0.5, 0.6) is 0 Å². The second-order valence-corrected chi connectivity index (χ2v) is 5.38. The fourth-order valence-corrected chi connectivity index (χ4v) is 2.73. The molecule has 1 saturated heterocycles. The Morgan fingerprint density at radius 1 is 1.52 bits per heavy atom. The van der Waals surface area contributed by atoms with Crippen LogP contribution in [0.15, 0.2) is 34.9 Å². The van der Waals surface area contributed by atoms with Crippen molar-refractivity contribution >= 4 is 5.91 Å². The van der Waals surface area contributed by atoms with Crippen molar-refractivity contribution in [1.29, 1.82) is 0 Å². The van der Waals surface area contributed by atoms with Gasteiger partial charge in [-0.2, -0.15) is 0 Å². The van der Waals surface area contributed by atoms with E-state index in [9.17, 15) is 9.18 Å². The Hall–Kier alpha value is -2.25. The van der Waals surface area contributed by atoms with Gasteiger partial charge in [0.05, 0.1) is 6.04 Å². The summed E-state index contributed by atoms with van der Waals surface area (Å²) < 4.78 is 23.5. The zero-order valence-electron chi connectivity index (χ0n) is 12.8. The van der Waals surface area contributed by atoms with Crippen LogP contribution in [0.2, 0.25) is 0 Å². The third-order valence-electron chi connectivity index (χ3n) is 3.80. The van der Waals surface area contributed by atoms with Gasteiger partial charge < -0.3 is 19.5 Å². The zero-order valence-corrected chi connectivity index (χ0v) is 12.8. The molecule has 6 nitrogen and oxygen atoms in total. The molecular formula is C16H18FN3O3. The van der Waals surface area contributed by atoms with Crippen molar-refractivity contribution in [2.24, 2.45) is 0 Å². The molecular weight excluding hydrogens is 301 g/mol. The fraction of sp³-hybridized carbons (Fsp3) is 0.375. The first kappa shape index (κ1) is 15.6. The average Bonchev–Trinajstić information content (AvgIpc) is 3.03. The van der Waals surface area contributed by atoms with Crippen LogP contribution in [0.3, 0.4) is 0 Å². The molecule has 1 aromatic carbocycles. The first-order valence-corrected chi connectivity index (χ1v) is 7.40. The number of carbonyl (C=O) groups excluding carboxylic acids is 1. The number of nitrogens with zero attached hydrogens (tertiary/aromatic N) is 2. The van der Waals surface area contributed by atoms with Crippen molar-refractivity contribution in [3.8, 4) is 0 Å². The first-order chi connectivity index (χ1) is 11.2. The van der Waals surface area contributed by atoms with E-state index in [0.717, 1.165) is 5.56 Å². The van der Waals surface area contributed by atoms with Gasteiger partial charge in [0.2, 0.25) is 0 Å². The summed E-state index contributed by atoms with van der Waals surface area (Å²) >= 11 is 0. The topological polar surface area (TPSA) is 67.6 Å². The molecule has 0 aliphatic carbocycles. The maximum absolute atomic E-state index is 13.5. The number of carbonyl (C=O) groups is 1. The number of nitrogens with one attached hydrogen (secondary N) is 1. The lowest BCUT2D eigenvalue weighted by atomic mass is 10.0. The van der Waals surface area contributed by atoms with Crippen molar-refractivity contribution in [3.63, 3.8) is 0 Å². The van der Waals surface area contributed by atoms with Gasteiger partial charge in [-0.05, 0) is 17.7 Å². The molecule has 1 amide bonds. The van der Waals surface area contributed by atoms with Crippen LogP contribution in [0.25, 0.3) is 0 Å². The van der Waals surface area contributed by atoms with Gasteiger partial charge in [-0.3, -0.25) is 4.79 Å². The summed E-state index contributed by atoms with van der Waals surface area (Å²) in [4.78, 5) is 14.4. The van der Waals surface area contributed by atoms with E-state index in [-0.39, 0.29) is 30.1 Å². The highest BCUT2D eigenvalue weighted by Gasteiger charge is 2.30.